The van der Waals surface area contributed by atoms with Crippen LogP contribution in [0.15, 0.2) is 96.2 Å². The van der Waals surface area contributed by atoms with Gasteiger partial charge in [0.25, 0.3) is 5.91 Å². The number of carbonyl (C=O) groups excluding carboxylic acids is 1. The van der Waals surface area contributed by atoms with Crippen molar-refractivity contribution in [2.24, 2.45) is 5.92 Å². The van der Waals surface area contributed by atoms with Gasteiger partial charge in [-0.05, 0) is 91.4 Å². The lowest BCUT2D eigenvalue weighted by atomic mass is 10.1. The van der Waals surface area contributed by atoms with Gasteiger partial charge < -0.3 is 5.32 Å². The SMILES string of the molecule is CC(C)Cc1cc(CSc2ccc(C(=O)NCCCc3cn[nH]c3)cc2C#Cc2ccc(F)cc2)nn1-c1ccccc1. The molecule has 0 radical (unpaired) electrons. The van der Waals surface area contributed by atoms with E-state index in [1.165, 1.54) is 17.8 Å². The maximum absolute atomic E-state index is 13.4. The molecule has 5 rings (SSSR count). The number of hydrogen-bond acceptors (Lipinski definition) is 4. The fraction of sp³-hybridized carbons (Fsp3) is 0.229. The number of nitrogens with zero attached hydrogens (tertiary/aromatic N) is 3. The molecule has 2 aromatic heterocycles. The van der Waals surface area contributed by atoms with Crippen molar-refractivity contribution in [2.75, 3.05) is 6.54 Å². The summed E-state index contributed by atoms with van der Waals surface area (Å²) in [6, 6.07) is 24.1. The molecule has 0 unspecified atom stereocenters. The second kappa shape index (κ2) is 14.5. The first-order valence-electron chi connectivity index (χ1n) is 14.4. The molecule has 1 amide bonds. The Bertz CT molecular complexity index is 1700. The van der Waals surface area contributed by atoms with E-state index in [2.05, 4.69) is 59.4 Å². The Labute approximate surface area is 256 Å². The summed E-state index contributed by atoms with van der Waals surface area (Å²) in [6.07, 6.45) is 6.22. The van der Waals surface area contributed by atoms with Crippen LogP contribution in [0, 0.1) is 23.6 Å². The predicted octanol–water partition coefficient (Wildman–Crippen LogP) is 6.99. The van der Waals surface area contributed by atoms with E-state index < -0.39 is 0 Å². The number of halogens is 1. The Balaban J connectivity index is 1.34. The number of benzene rings is 3. The zero-order valence-corrected chi connectivity index (χ0v) is 25.1. The Kier molecular flexibility index (Phi) is 10.1. The second-order valence-corrected chi connectivity index (χ2v) is 11.7. The quantitative estimate of drug-likeness (QED) is 0.0987. The average molecular weight is 592 g/mol. The molecule has 0 fully saturated rings. The van der Waals surface area contributed by atoms with Crippen molar-refractivity contribution < 1.29 is 9.18 Å². The highest BCUT2D eigenvalue weighted by Gasteiger charge is 2.14. The first-order valence-corrected chi connectivity index (χ1v) is 15.4. The van der Waals surface area contributed by atoms with Crippen molar-refractivity contribution in [3.05, 3.63) is 131 Å². The van der Waals surface area contributed by atoms with E-state index in [0.717, 1.165) is 46.7 Å². The molecular weight excluding hydrogens is 557 g/mol. The topological polar surface area (TPSA) is 75.6 Å². The molecule has 0 aliphatic heterocycles. The lowest BCUT2D eigenvalue weighted by Gasteiger charge is -2.09. The normalized spacial score (nSPS) is 10.9. The Hall–Kier alpha value is -4.61. The van der Waals surface area contributed by atoms with Gasteiger partial charge >= 0.3 is 0 Å². The van der Waals surface area contributed by atoms with Gasteiger partial charge in [0.05, 0.1) is 17.6 Å². The molecule has 6 nitrogen and oxygen atoms in total. The minimum atomic E-state index is -0.306. The van der Waals surface area contributed by atoms with Crippen molar-refractivity contribution in [2.45, 2.75) is 43.8 Å². The zero-order valence-electron chi connectivity index (χ0n) is 24.3. The van der Waals surface area contributed by atoms with Gasteiger partial charge in [0.15, 0.2) is 0 Å². The number of aryl methyl sites for hydroxylation is 1. The lowest BCUT2D eigenvalue weighted by Crippen LogP contribution is -2.24. The van der Waals surface area contributed by atoms with Gasteiger partial charge in [-0.2, -0.15) is 10.2 Å². The van der Waals surface area contributed by atoms with Crippen molar-refractivity contribution in [3.63, 3.8) is 0 Å². The summed E-state index contributed by atoms with van der Waals surface area (Å²) in [5.41, 5.74) is 6.29. The van der Waals surface area contributed by atoms with Crippen LogP contribution in [0.2, 0.25) is 0 Å². The van der Waals surface area contributed by atoms with E-state index in [-0.39, 0.29) is 11.7 Å². The molecule has 3 aromatic carbocycles. The maximum Gasteiger partial charge on any atom is 0.251 e. The van der Waals surface area contributed by atoms with Crippen LogP contribution in [0.25, 0.3) is 5.69 Å². The van der Waals surface area contributed by atoms with E-state index in [4.69, 9.17) is 5.10 Å². The molecular formula is C35H34FN5OS. The number of hydrogen-bond donors (Lipinski definition) is 2. The number of carbonyl (C=O) groups is 1. The van der Waals surface area contributed by atoms with Gasteiger partial charge in [0.2, 0.25) is 0 Å². The van der Waals surface area contributed by atoms with Gasteiger partial charge in [0, 0.05) is 45.8 Å². The number of rotatable bonds is 11. The molecule has 8 heteroatoms. The van der Waals surface area contributed by atoms with E-state index >= 15 is 0 Å². The smallest absolute Gasteiger partial charge is 0.251 e. The van der Waals surface area contributed by atoms with Crippen molar-refractivity contribution >= 4 is 17.7 Å². The molecule has 2 heterocycles. The summed E-state index contributed by atoms with van der Waals surface area (Å²) < 4.78 is 15.5. The third-order valence-electron chi connectivity index (χ3n) is 6.74. The maximum atomic E-state index is 13.4. The molecule has 5 aromatic rings. The van der Waals surface area contributed by atoms with Crippen LogP contribution < -0.4 is 5.32 Å². The molecule has 0 spiro atoms. The highest BCUT2D eigenvalue weighted by Crippen LogP contribution is 2.28. The number of nitrogens with one attached hydrogen (secondary N) is 2. The van der Waals surface area contributed by atoms with Crippen LogP contribution in [0.1, 0.15) is 58.7 Å². The standard InChI is InChI=1S/C35H34FN5OS/c1-25(2)19-33-21-31(40-41(33)32-8-4-3-5-9-32)24-43-34-17-14-29(35(42)37-18-6-7-27-22-38-39-23-27)20-28(34)13-10-26-11-15-30(36)16-12-26/h3-5,8-9,11-12,14-17,20-23,25H,6-7,18-19,24H2,1-2H3,(H,37,42)(H,38,39). The summed E-state index contributed by atoms with van der Waals surface area (Å²) >= 11 is 1.64. The summed E-state index contributed by atoms with van der Waals surface area (Å²) in [6.45, 7) is 4.97. The molecule has 2 N–H and O–H groups in total. The molecule has 0 aliphatic carbocycles. The monoisotopic (exact) mass is 591 g/mol. The third kappa shape index (κ3) is 8.46. The molecule has 0 saturated carbocycles. The van der Waals surface area contributed by atoms with Crippen LogP contribution in [-0.2, 0) is 18.6 Å². The van der Waals surface area contributed by atoms with E-state index in [1.54, 1.807) is 30.1 Å². The van der Waals surface area contributed by atoms with Crippen LogP contribution in [0.3, 0.4) is 0 Å². The number of aromatic nitrogens is 4. The first kappa shape index (κ1) is 29.9. The predicted molar refractivity (Wildman–Crippen MR) is 170 cm³/mol. The number of thioether (sulfide) groups is 1. The number of H-pyrrole nitrogens is 1. The van der Waals surface area contributed by atoms with Crippen LogP contribution in [-0.4, -0.2) is 32.4 Å². The summed E-state index contributed by atoms with van der Waals surface area (Å²) in [4.78, 5) is 13.9. The molecule has 0 aliphatic rings. The fourth-order valence-corrected chi connectivity index (χ4v) is 5.51. The van der Waals surface area contributed by atoms with E-state index in [0.29, 0.717) is 29.3 Å². The van der Waals surface area contributed by atoms with Crippen molar-refractivity contribution in [1.82, 2.24) is 25.3 Å². The van der Waals surface area contributed by atoms with Crippen LogP contribution in [0.5, 0.6) is 0 Å². The summed E-state index contributed by atoms with van der Waals surface area (Å²) in [5, 5.41) is 14.7. The van der Waals surface area contributed by atoms with Crippen molar-refractivity contribution in [3.8, 4) is 17.5 Å². The summed E-state index contributed by atoms with van der Waals surface area (Å²) in [5.74, 6) is 7.05. The zero-order chi connectivity index (χ0) is 30.0. The van der Waals surface area contributed by atoms with Gasteiger partial charge in [-0.15, -0.1) is 11.8 Å². The molecule has 0 bridgehead atoms. The Morgan fingerprint density at radius 1 is 1.05 bits per heavy atom. The van der Waals surface area contributed by atoms with Gasteiger partial charge in [-0.1, -0.05) is 43.9 Å². The molecule has 43 heavy (non-hydrogen) atoms. The van der Waals surface area contributed by atoms with E-state index in [1.807, 2.05) is 47.3 Å². The highest BCUT2D eigenvalue weighted by atomic mass is 32.2. The van der Waals surface area contributed by atoms with Gasteiger partial charge in [-0.3, -0.25) is 9.89 Å². The average Bonchev–Trinajstić information content (AvgIpc) is 3.68. The number of para-hydroxylation sites is 1. The largest absolute Gasteiger partial charge is 0.352 e. The molecule has 0 atom stereocenters. The molecule has 0 saturated heterocycles. The minimum absolute atomic E-state index is 0.145. The number of amides is 1. The van der Waals surface area contributed by atoms with Gasteiger partial charge in [-0.25, -0.2) is 9.07 Å². The first-order chi connectivity index (χ1) is 20.9. The van der Waals surface area contributed by atoms with Crippen LogP contribution >= 0.6 is 11.8 Å². The van der Waals surface area contributed by atoms with Gasteiger partial charge in [0.1, 0.15) is 5.82 Å². The second-order valence-electron chi connectivity index (χ2n) is 10.7. The highest BCUT2D eigenvalue weighted by molar-refractivity contribution is 7.98. The Morgan fingerprint density at radius 3 is 2.60 bits per heavy atom. The van der Waals surface area contributed by atoms with Crippen LogP contribution in [0.4, 0.5) is 4.39 Å². The Morgan fingerprint density at radius 2 is 1.86 bits per heavy atom. The summed E-state index contributed by atoms with van der Waals surface area (Å²) in [7, 11) is 0. The van der Waals surface area contributed by atoms with E-state index in [9.17, 15) is 9.18 Å². The minimum Gasteiger partial charge on any atom is -0.352 e. The molecule has 218 valence electrons. The van der Waals surface area contributed by atoms with Crippen molar-refractivity contribution in [1.29, 1.82) is 0 Å². The third-order valence-corrected chi connectivity index (χ3v) is 7.84. The number of aromatic amines is 1. The lowest BCUT2D eigenvalue weighted by molar-refractivity contribution is 0.0953. The fourth-order valence-electron chi connectivity index (χ4n) is 4.63.